The Labute approximate surface area is 194 Å². The molecule has 7 heteroatoms. The first-order valence-corrected chi connectivity index (χ1v) is 11.6. The molecule has 33 heavy (non-hydrogen) atoms. The third kappa shape index (κ3) is 6.32. The molecule has 0 aliphatic carbocycles. The van der Waals surface area contributed by atoms with Gasteiger partial charge in [-0.3, -0.25) is 4.79 Å². The summed E-state index contributed by atoms with van der Waals surface area (Å²) in [7, 11) is 0. The molecule has 1 fully saturated rings. The number of rotatable bonds is 10. The lowest BCUT2D eigenvalue weighted by Crippen LogP contribution is -2.56. The molecule has 1 heterocycles. The third-order valence-corrected chi connectivity index (χ3v) is 6.18. The second kappa shape index (κ2) is 11.6. The minimum absolute atomic E-state index is 0.0851. The Morgan fingerprint density at radius 1 is 1.06 bits per heavy atom. The highest BCUT2D eigenvalue weighted by Crippen LogP contribution is 2.35. The zero-order valence-electron chi connectivity index (χ0n) is 19.2. The van der Waals surface area contributed by atoms with E-state index in [9.17, 15) is 25.2 Å². The lowest BCUT2D eigenvalue weighted by atomic mass is 9.91. The summed E-state index contributed by atoms with van der Waals surface area (Å²) in [6, 6.07) is 13.1. The average molecular weight is 459 g/mol. The standard InChI is InChI=1S/C26H34O7/c1-3-4-5-7-17-10-11-21(32-26-25(31)16(2)24(30)22(15-27)33-26)20(13-17)19-9-6-8-18(12-19)14-23(28)29/h6,8-13,16,22,24-27,30-31H,3-5,7,14-15H2,1-2H3,(H,28,29)/t16-,22+,24-,25-,26-/m0/s1. The van der Waals surface area contributed by atoms with Gasteiger partial charge in [0.1, 0.15) is 18.0 Å². The van der Waals surface area contributed by atoms with Crippen molar-refractivity contribution in [2.45, 2.75) is 70.6 Å². The highest BCUT2D eigenvalue weighted by Gasteiger charge is 2.43. The number of ether oxygens (including phenoxy) is 2. The van der Waals surface area contributed by atoms with E-state index in [0.29, 0.717) is 11.3 Å². The van der Waals surface area contributed by atoms with E-state index in [1.54, 1.807) is 13.0 Å². The fourth-order valence-corrected chi connectivity index (χ4v) is 4.16. The van der Waals surface area contributed by atoms with Gasteiger partial charge in [0.2, 0.25) is 6.29 Å². The van der Waals surface area contributed by atoms with Gasteiger partial charge in [-0.05, 0) is 41.7 Å². The van der Waals surface area contributed by atoms with Crippen LogP contribution in [0, 0.1) is 5.92 Å². The molecule has 0 amide bonds. The fourth-order valence-electron chi connectivity index (χ4n) is 4.16. The van der Waals surface area contributed by atoms with E-state index in [2.05, 4.69) is 6.92 Å². The summed E-state index contributed by atoms with van der Waals surface area (Å²) >= 11 is 0. The van der Waals surface area contributed by atoms with Crippen LogP contribution in [0.5, 0.6) is 5.75 Å². The molecule has 1 aliphatic heterocycles. The molecule has 7 nitrogen and oxygen atoms in total. The minimum Gasteiger partial charge on any atom is -0.481 e. The van der Waals surface area contributed by atoms with E-state index in [1.165, 1.54) is 0 Å². The molecule has 2 aromatic carbocycles. The largest absolute Gasteiger partial charge is 0.481 e. The van der Waals surface area contributed by atoms with Crippen LogP contribution >= 0.6 is 0 Å². The summed E-state index contributed by atoms with van der Waals surface area (Å²) in [6.07, 6.45) is 0.137. The van der Waals surface area contributed by atoms with Crippen molar-refractivity contribution in [2.75, 3.05) is 6.61 Å². The predicted molar refractivity (Wildman–Crippen MR) is 124 cm³/mol. The molecule has 1 saturated heterocycles. The van der Waals surface area contributed by atoms with Crippen LogP contribution in [0.15, 0.2) is 42.5 Å². The highest BCUT2D eigenvalue weighted by molar-refractivity contribution is 5.74. The van der Waals surface area contributed by atoms with E-state index in [4.69, 9.17) is 9.47 Å². The Morgan fingerprint density at radius 2 is 1.85 bits per heavy atom. The first kappa shape index (κ1) is 25.2. The van der Waals surface area contributed by atoms with Crippen LogP contribution in [-0.4, -0.2) is 57.6 Å². The number of carboxylic acids is 1. The van der Waals surface area contributed by atoms with Gasteiger partial charge in [0, 0.05) is 11.5 Å². The van der Waals surface area contributed by atoms with Gasteiger partial charge in [0.15, 0.2) is 0 Å². The zero-order valence-corrected chi connectivity index (χ0v) is 19.2. The van der Waals surface area contributed by atoms with Gasteiger partial charge in [-0.15, -0.1) is 0 Å². The van der Waals surface area contributed by atoms with E-state index in [1.807, 2.05) is 36.4 Å². The molecule has 5 atom stereocenters. The number of unbranched alkanes of at least 4 members (excludes halogenated alkanes) is 2. The number of benzene rings is 2. The Hall–Kier alpha value is -2.45. The maximum Gasteiger partial charge on any atom is 0.307 e. The van der Waals surface area contributed by atoms with E-state index < -0.39 is 43.1 Å². The van der Waals surface area contributed by atoms with Crippen molar-refractivity contribution in [1.29, 1.82) is 0 Å². The summed E-state index contributed by atoms with van der Waals surface area (Å²) in [5.41, 5.74) is 3.38. The second-order valence-corrected chi connectivity index (χ2v) is 8.74. The fraction of sp³-hybridized carbons (Fsp3) is 0.500. The Bertz CT molecular complexity index is 927. The highest BCUT2D eigenvalue weighted by atomic mass is 16.7. The van der Waals surface area contributed by atoms with E-state index in [-0.39, 0.29) is 6.42 Å². The summed E-state index contributed by atoms with van der Waals surface area (Å²) in [5.74, 6) is -0.971. The number of aliphatic carboxylic acids is 1. The Balaban J connectivity index is 1.94. The molecule has 4 N–H and O–H groups in total. The van der Waals surface area contributed by atoms with E-state index >= 15 is 0 Å². The van der Waals surface area contributed by atoms with Crippen LogP contribution in [0.25, 0.3) is 11.1 Å². The number of hydrogen-bond acceptors (Lipinski definition) is 6. The summed E-state index contributed by atoms with van der Waals surface area (Å²) in [4.78, 5) is 11.2. The lowest BCUT2D eigenvalue weighted by Gasteiger charge is -2.40. The molecule has 3 rings (SSSR count). The number of carboxylic acid groups (broad SMARTS) is 1. The van der Waals surface area contributed by atoms with Gasteiger partial charge in [-0.25, -0.2) is 0 Å². The maximum absolute atomic E-state index is 11.2. The number of aryl methyl sites for hydroxylation is 1. The van der Waals surface area contributed by atoms with Gasteiger partial charge < -0.3 is 29.9 Å². The molecular weight excluding hydrogens is 424 g/mol. The molecule has 0 radical (unpaired) electrons. The Morgan fingerprint density at radius 3 is 2.55 bits per heavy atom. The molecule has 0 bridgehead atoms. The molecule has 0 saturated carbocycles. The minimum atomic E-state index is -1.08. The first-order chi connectivity index (χ1) is 15.8. The molecular formula is C26H34O7. The number of aliphatic hydroxyl groups excluding tert-OH is 3. The van der Waals surface area contributed by atoms with Crippen LogP contribution in [0.4, 0.5) is 0 Å². The zero-order chi connectivity index (χ0) is 24.0. The van der Waals surface area contributed by atoms with Gasteiger partial charge in [-0.2, -0.15) is 0 Å². The summed E-state index contributed by atoms with van der Waals surface area (Å²) in [6.45, 7) is 3.45. The number of carbonyl (C=O) groups is 1. The average Bonchev–Trinajstić information content (AvgIpc) is 2.80. The first-order valence-electron chi connectivity index (χ1n) is 11.6. The van der Waals surface area contributed by atoms with E-state index in [0.717, 1.165) is 42.4 Å². The van der Waals surface area contributed by atoms with Crippen molar-refractivity contribution >= 4 is 5.97 Å². The van der Waals surface area contributed by atoms with Gasteiger partial charge in [0.25, 0.3) is 0 Å². The quantitative estimate of drug-likeness (QED) is 0.404. The van der Waals surface area contributed by atoms with Crippen LogP contribution in [-0.2, 0) is 22.4 Å². The SMILES string of the molecule is CCCCCc1ccc(O[C@H]2O[C@H](CO)[C@@H](O)[C@H](C)[C@@H]2O)c(-c2cccc(CC(=O)O)c2)c1. The van der Waals surface area contributed by atoms with Crippen molar-refractivity contribution in [1.82, 2.24) is 0 Å². The topological polar surface area (TPSA) is 116 Å². The second-order valence-electron chi connectivity index (χ2n) is 8.74. The lowest BCUT2D eigenvalue weighted by molar-refractivity contribution is -0.260. The van der Waals surface area contributed by atoms with Crippen molar-refractivity contribution < 1.29 is 34.7 Å². The van der Waals surface area contributed by atoms with Gasteiger partial charge >= 0.3 is 5.97 Å². The van der Waals surface area contributed by atoms with Crippen molar-refractivity contribution in [3.8, 4) is 16.9 Å². The smallest absolute Gasteiger partial charge is 0.307 e. The molecule has 0 spiro atoms. The molecule has 2 aromatic rings. The monoisotopic (exact) mass is 458 g/mol. The Kier molecular flexibility index (Phi) is 8.86. The van der Waals surface area contributed by atoms with Gasteiger partial charge in [0.05, 0.1) is 19.1 Å². The molecule has 180 valence electrons. The van der Waals surface area contributed by atoms with Crippen molar-refractivity contribution in [3.05, 3.63) is 53.6 Å². The van der Waals surface area contributed by atoms with Crippen LogP contribution in [0.3, 0.4) is 0 Å². The molecule has 1 aliphatic rings. The predicted octanol–water partition coefficient (Wildman–Crippen LogP) is 3.17. The number of aliphatic hydroxyl groups is 3. The third-order valence-electron chi connectivity index (χ3n) is 6.18. The summed E-state index contributed by atoms with van der Waals surface area (Å²) < 4.78 is 11.8. The van der Waals surface area contributed by atoms with Crippen molar-refractivity contribution in [3.63, 3.8) is 0 Å². The number of hydrogen-bond donors (Lipinski definition) is 4. The van der Waals surface area contributed by atoms with Crippen LogP contribution in [0.1, 0.15) is 44.2 Å². The normalized spacial score (nSPS) is 25.1. The van der Waals surface area contributed by atoms with Crippen molar-refractivity contribution in [2.24, 2.45) is 5.92 Å². The van der Waals surface area contributed by atoms with Crippen LogP contribution in [0.2, 0.25) is 0 Å². The molecule has 0 aromatic heterocycles. The van der Waals surface area contributed by atoms with Crippen LogP contribution < -0.4 is 4.74 Å². The maximum atomic E-state index is 11.2. The summed E-state index contributed by atoms with van der Waals surface area (Å²) in [5, 5.41) is 39.6. The molecule has 0 unspecified atom stereocenters. The van der Waals surface area contributed by atoms with Gasteiger partial charge in [-0.1, -0.05) is 57.0 Å².